The maximum absolute atomic E-state index is 12.5. The summed E-state index contributed by atoms with van der Waals surface area (Å²) in [6.07, 6.45) is 1.24. The standard InChI is InChI=1S/C15H22BrNO2/c1-6-15(2,17(3)4)14(18)10-11-7-8-13(19-5)12(16)9-11/h7-9H,6,10H2,1-5H3. The van der Waals surface area contributed by atoms with Crippen molar-refractivity contribution in [1.29, 1.82) is 0 Å². The number of halogens is 1. The van der Waals surface area contributed by atoms with E-state index in [1.54, 1.807) is 7.11 Å². The second kappa shape index (κ2) is 6.53. The number of hydrogen-bond acceptors (Lipinski definition) is 3. The predicted octanol–water partition coefficient (Wildman–Crippen LogP) is 3.30. The van der Waals surface area contributed by atoms with Gasteiger partial charge in [0.15, 0.2) is 5.78 Å². The summed E-state index contributed by atoms with van der Waals surface area (Å²) in [4.78, 5) is 14.5. The predicted molar refractivity (Wildman–Crippen MR) is 81.8 cm³/mol. The second-order valence-electron chi connectivity index (χ2n) is 5.09. The number of methoxy groups -OCH3 is 1. The molecule has 0 saturated heterocycles. The second-order valence-corrected chi connectivity index (χ2v) is 5.95. The van der Waals surface area contributed by atoms with Crippen LogP contribution in [0.1, 0.15) is 25.8 Å². The Bertz CT molecular complexity index is 459. The molecule has 0 N–H and O–H groups in total. The van der Waals surface area contributed by atoms with Gasteiger partial charge in [-0.05, 0) is 61.1 Å². The van der Waals surface area contributed by atoms with Crippen LogP contribution in [0, 0.1) is 0 Å². The molecule has 1 unspecified atom stereocenters. The van der Waals surface area contributed by atoms with E-state index >= 15 is 0 Å². The van der Waals surface area contributed by atoms with Gasteiger partial charge in [0.1, 0.15) is 5.75 Å². The van der Waals surface area contributed by atoms with Crippen molar-refractivity contribution in [3.63, 3.8) is 0 Å². The van der Waals surface area contributed by atoms with Crippen molar-refractivity contribution in [2.45, 2.75) is 32.2 Å². The zero-order valence-electron chi connectivity index (χ0n) is 12.3. The van der Waals surface area contributed by atoms with E-state index in [1.807, 2.05) is 51.0 Å². The molecule has 0 radical (unpaired) electrons. The van der Waals surface area contributed by atoms with Gasteiger partial charge < -0.3 is 4.74 Å². The molecule has 0 spiro atoms. The third-order valence-electron chi connectivity index (χ3n) is 3.86. The summed E-state index contributed by atoms with van der Waals surface area (Å²) in [6.45, 7) is 4.04. The molecule has 0 aliphatic carbocycles. The average Bonchev–Trinajstić information content (AvgIpc) is 2.37. The molecule has 1 aromatic rings. The number of ketones is 1. The number of hydrogen-bond donors (Lipinski definition) is 0. The summed E-state index contributed by atoms with van der Waals surface area (Å²) >= 11 is 3.45. The van der Waals surface area contributed by atoms with Gasteiger partial charge in [-0.1, -0.05) is 13.0 Å². The number of nitrogens with zero attached hydrogens (tertiary/aromatic N) is 1. The quantitative estimate of drug-likeness (QED) is 0.802. The van der Waals surface area contributed by atoms with Gasteiger partial charge in [-0.2, -0.15) is 0 Å². The minimum Gasteiger partial charge on any atom is -0.496 e. The number of ether oxygens (including phenoxy) is 1. The van der Waals surface area contributed by atoms with Crippen LogP contribution in [0.15, 0.2) is 22.7 Å². The first-order valence-electron chi connectivity index (χ1n) is 6.38. The first kappa shape index (κ1) is 16.2. The molecule has 0 bridgehead atoms. The van der Waals surface area contributed by atoms with E-state index in [2.05, 4.69) is 15.9 Å². The summed E-state index contributed by atoms with van der Waals surface area (Å²) in [5, 5.41) is 0. The monoisotopic (exact) mass is 327 g/mol. The van der Waals surface area contributed by atoms with Crippen LogP contribution in [0.2, 0.25) is 0 Å². The highest BCUT2D eigenvalue weighted by molar-refractivity contribution is 9.10. The van der Waals surface area contributed by atoms with Crippen LogP contribution >= 0.6 is 15.9 Å². The Morgan fingerprint density at radius 3 is 2.47 bits per heavy atom. The third kappa shape index (κ3) is 3.57. The smallest absolute Gasteiger partial charge is 0.157 e. The molecule has 0 aliphatic heterocycles. The number of likely N-dealkylation sites (N-methyl/N-ethyl adjacent to an activating group) is 1. The highest BCUT2D eigenvalue weighted by Gasteiger charge is 2.32. The molecule has 3 nitrogen and oxygen atoms in total. The lowest BCUT2D eigenvalue weighted by atomic mass is 9.88. The van der Waals surface area contributed by atoms with Crippen LogP contribution in [0.4, 0.5) is 0 Å². The fraction of sp³-hybridized carbons (Fsp3) is 0.533. The molecule has 0 aromatic heterocycles. The van der Waals surface area contributed by atoms with Gasteiger partial charge in [-0.3, -0.25) is 9.69 Å². The lowest BCUT2D eigenvalue weighted by Crippen LogP contribution is -2.48. The molecule has 19 heavy (non-hydrogen) atoms. The van der Waals surface area contributed by atoms with Crippen LogP contribution in [-0.2, 0) is 11.2 Å². The minimum atomic E-state index is -0.410. The third-order valence-corrected chi connectivity index (χ3v) is 4.48. The molecule has 1 atom stereocenters. The Kier molecular flexibility index (Phi) is 5.56. The summed E-state index contributed by atoms with van der Waals surface area (Å²) in [5.41, 5.74) is 0.589. The molecular formula is C15H22BrNO2. The molecule has 0 amide bonds. The molecule has 4 heteroatoms. The van der Waals surface area contributed by atoms with Crippen molar-refractivity contribution in [2.24, 2.45) is 0 Å². The van der Waals surface area contributed by atoms with Crippen LogP contribution in [0.3, 0.4) is 0 Å². The number of carbonyl (C=O) groups excluding carboxylic acids is 1. The van der Waals surface area contributed by atoms with Crippen molar-refractivity contribution >= 4 is 21.7 Å². The Hall–Kier alpha value is -0.870. The Morgan fingerprint density at radius 1 is 1.42 bits per heavy atom. The molecule has 1 aromatic carbocycles. The maximum Gasteiger partial charge on any atom is 0.157 e. The van der Waals surface area contributed by atoms with Crippen molar-refractivity contribution in [3.05, 3.63) is 28.2 Å². The maximum atomic E-state index is 12.5. The van der Waals surface area contributed by atoms with Gasteiger partial charge in [-0.15, -0.1) is 0 Å². The van der Waals surface area contributed by atoms with Crippen molar-refractivity contribution in [2.75, 3.05) is 21.2 Å². The van der Waals surface area contributed by atoms with E-state index in [1.165, 1.54) is 0 Å². The topological polar surface area (TPSA) is 29.5 Å². The Balaban J connectivity index is 2.91. The van der Waals surface area contributed by atoms with Crippen LogP contribution < -0.4 is 4.74 Å². The number of Topliss-reactive ketones (excluding diaryl/α,β-unsaturated/α-hetero) is 1. The van der Waals surface area contributed by atoms with Gasteiger partial charge in [0.25, 0.3) is 0 Å². The van der Waals surface area contributed by atoms with E-state index in [-0.39, 0.29) is 5.78 Å². The van der Waals surface area contributed by atoms with Crippen LogP contribution in [-0.4, -0.2) is 37.4 Å². The first-order chi connectivity index (χ1) is 8.85. The minimum absolute atomic E-state index is 0.233. The van der Waals surface area contributed by atoms with Crippen molar-refractivity contribution < 1.29 is 9.53 Å². The van der Waals surface area contributed by atoms with E-state index in [9.17, 15) is 4.79 Å². The van der Waals surface area contributed by atoms with E-state index in [0.29, 0.717) is 6.42 Å². The summed E-state index contributed by atoms with van der Waals surface area (Å²) < 4.78 is 6.07. The molecule has 106 valence electrons. The SMILES string of the molecule is CCC(C)(C(=O)Cc1ccc(OC)c(Br)c1)N(C)C. The molecule has 1 rings (SSSR count). The number of carbonyl (C=O) groups is 1. The highest BCUT2D eigenvalue weighted by Crippen LogP contribution is 2.27. The van der Waals surface area contributed by atoms with E-state index in [0.717, 1.165) is 22.2 Å². The van der Waals surface area contributed by atoms with Crippen LogP contribution in [0.5, 0.6) is 5.75 Å². The van der Waals surface area contributed by atoms with Crippen LogP contribution in [0.25, 0.3) is 0 Å². The zero-order valence-corrected chi connectivity index (χ0v) is 13.9. The highest BCUT2D eigenvalue weighted by atomic mass is 79.9. The summed E-state index contributed by atoms with van der Waals surface area (Å²) in [5.74, 6) is 1.01. The van der Waals surface area contributed by atoms with Gasteiger partial charge in [0, 0.05) is 6.42 Å². The van der Waals surface area contributed by atoms with Gasteiger partial charge in [0.05, 0.1) is 17.1 Å². The first-order valence-corrected chi connectivity index (χ1v) is 7.17. The van der Waals surface area contributed by atoms with Gasteiger partial charge in [0.2, 0.25) is 0 Å². The Labute approximate surface area is 124 Å². The van der Waals surface area contributed by atoms with Crippen molar-refractivity contribution in [3.8, 4) is 5.75 Å². The molecule has 0 heterocycles. The molecular weight excluding hydrogens is 306 g/mol. The van der Waals surface area contributed by atoms with Crippen molar-refractivity contribution in [1.82, 2.24) is 4.90 Å². The lowest BCUT2D eigenvalue weighted by Gasteiger charge is -2.34. The Morgan fingerprint density at radius 2 is 2.05 bits per heavy atom. The van der Waals surface area contributed by atoms with Gasteiger partial charge in [-0.25, -0.2) is 0 Å². The fourth-order valence-corrected chi connectivity index (χ4v) is 2.55. The van der Waals surface area contributed by atoms with Gasteiger partial charge >= 0.3 is 0 Å². The largest absolute Gasteiger partial charge is 0.496 e. The average molecular weight is 328 g/mol. The fourth-order valence-electron chi connectivity index (χ4n) is 1.96. The normalized spacial score (nSPS) is 14.3. The molecule has 0 fully saturated rings. The van der Waals surface area contributed by atoms with E-state index in [4.69, 9.17) is 4.74 Å². The zero-order chi connectivity index (χ0) is 14.6. The summed E-state index contributed by atoms with van der Waals surface area (Å²) in [7, 11) is 5.53. The van der Waals surface area contributed by atoms with E-state index < -0.39 is 5.54 Å². The molecule has 0 saturated carbocycles. The molecule has 0 aliphatic rings. The number of rotatable bonds is 6. The lowest BCUT2D eigenvalue weighted by molar-refractivity contribution is -0.128. The number of benzene rings is 1. The summed E-state index contributed by atoms with van der Waals surface area (Å²) in [6, 6.07) is 5.77.